The first-order valence-corrected chi connectivity index (χ1v) is 8.71. The summed E-state index contributed by atoms with van der Waals surface area (Å²) in [6, 6.07) is 13.6. The van der Waals surface area contributed by atoms with Crippen LogP contribution in [0.5, 0.6) is 5.75 Å². The molecular weight excluding hydrogens is 348 g/mol. The molecule has 0 aliphatic rings. The maximum absolute atomic E-state index is 5.26. The second-order valence-corrected chi connectivity index (χ2v) is 6.58. The largest absolute Gasteiger partial charge is 0.497 e. The lowest BCUT2D eigenvalue weighted by Gasteiger charge is -2.03. The minimum Gasteiger partial charge on any atom is -0.497 e. The second kappa shape index (κ2) is 5.85. The number of aromatic nitrogens is 6. The molecule has 4 aromatic heterocycles. The molecule has 26 heavy (non-hydrogen) atoms. The predicted octanol–water partition coefficient (Wildman–Crippen LogP) is 3.47. The van der Waals surface area contributed by atoms with Crippen LogP contribution in [0.2, 0.25) is 0 Å². The smallest absolute Gasteiger partial charge is 0.235 e. The van der Waals surface area contributed by atoms with Gasteiger partial charge in [-0.3, -0.25) is 4.98 Å². The van der Waals surface area contributed by atoms with Crippen molar-refractivity contribution in [1.82, 2.24) is 29.8 Å². The zero-order valence-corrected chi connectivity index (χ0v) is 14.5. The van der Waals surface area contributed by atoms with Gasteiger partial charge in [0.25, 0.3) is 0 Å². The highest BCUT2D eigenvalue weighted by molar-refractivity contribution is 7.19. The summed E-state index contributed by atoms with van der Waals surface area (Å²) in [5.41, 5.74) is 2.56. The lowest BCUT2D eigenvalue weighted by atomic mass is 10.2. The third kappa shape index (κ3) is 2.39. The van der Waals surface area contributed by atoms with Gasteiger partial charge in [-0.15, -0.1) is 10.2 Å². The molecule has 0 aliphatic heterocycles. The van der Waals surface area contributed by atoms with E-state index in [1.807, 2.05) is 42.5 Å². The number of rotatable bonds is 3. The van der Waals surface area contributed by atoms with Gasteiger partial charge in [0.05, 0.1) is 12.6 Å². The predicted molar refractivity (Wildman–Crippen MR) is 99.2 cm³/mol. The second-order valence-electron chi connectivity index (χ2n) is 5.62. The molecule has 0 aliphatic carbocycles. The van der Waals surface area contributed by atoms with Crippen molar-refractivity contribution >= 4 is 27.2 Å². The first-order chi connectivity index (χ1) is 12.8. The van der Waals surface area contributed by atoms with E-state index in [1.165, 1.54) is 11.3 Å². The number of pyridine rings is 2. The summed E-state index contributed by atoms with van der Waals surface area (Å²) in [6.07, 6.45) is 3.47. The molecule has 5 aromatic rings. The number of hydrogen-bond donors (Lipinski definition) is 0. The molecule has 0 bridgehead atoms. The van der Waals surface area contributed by atoms with Crippen molar-refractivity contribution in [2.75, 3.05) is 7.11 Å². The maximum Gasteiger partial charge on any atom is 0.235 e. The van der Waals surface area contributed by atoms with Crippen molar-refractivity contribution in [3.63, 3.8) is 0 Å². The molecule has 7 nitrogen and oxygen atoms in total. The van der Waals surface area contributed by atoms with E-state index in [-0.39, 0.29) is 0 Å². The van der Waals surface area contributed by atoms with Gasteiger partial charge in [0.1, 0.15) is 11.4 Å². The van der Waals surface area contributed by atoms with Crippen LogP contribution in [0, 0.1) is 0 Å². The quantitative estimate of drug-likeness (QED) is 0.490. The Bertz CT molecular complexity index is 1230. The van der Waals surface area contributed by atoms with Crippen LogP contribution >= 0.6 is 11.3 Å². The summed E-state index contributed by atoms with van der Waals surface area (Å²) in [5.74, 6) is 1.48. The summed E-state index contributed by atoms with van der Waals surface area (Å²) in [5, 5.41) is 14.9. The first kappa shape index (κ1) is 14.9. The van der Waals surface area contributed by atoms with Crippen molar-refractivity contribution in [2.45, 2.75) is 0 Å². The van der Waals surface area contributed by atoms with E-state index in [0.717, 1.165) is 37.9 Å². The third-order valence-electron chi connectivity index (χ3n) is 4.03. The zero-order valence-electron chi connectivity index (χ0n) is 13.7. The molecule has 0 N–H and O–H groups in total. The van der Waals surface area contributed by atoms with Gasteiger partial charge in [-0.1, -0.05) is 17.4 Å². The summed E-state index contributed by atoms with van der Waals surface area (Å²) in [4.78, 5) is 9.57. The third-order valence-corrected chi connectivity index (χ3v) is 4.95. The van der Waals surface area contributed by atoms with Crippen LogP contribution in [-0.2, 0) is 0 Å². The van der Waals surface area contributed by atoms with Crippen LogP contribution < -0.4 is 4.74 Å². The van der Waals surface area contributed by atoms with Crippen molar-refractivity contribution in [3.05, 3.63) is 54.9 Å². The van der Waals surface area contributed by atoms with Crippen LogP contribution in [0.15, 0.2) is 54.9 Å². The number of nitrogens with zero attached hydrogens (tertiary/aromatic N) is 6. The Labute approximate surface area is 151 Å². The van der Waals surface area contributed by atoms with Gasteiger partial charge in [-0.05, 0) is 36.4 Å². The lowest BCUT2D eigenvalue weighted by molar-refractivity contribution is 0.415. The Morgan fingerprint density at radius 2 is 2.04 bits per heavy atom. The normalized spacial score (nSPS) is 11.3. The highest BCUT2D eigenvalue weighted by Gasteiger charge is 2.15. The average Bonchev–Trinajstić information content (AvgIpc) is 3.28. The molecule has 1 aromatic carbocycles. The standard InChI is InChI=1S/C18H12N6OS/c1-25-13-5-7-14-11(9-13)4-6-15(20-14)17-23-24-16(21-22-18(24)26-17)12-3-2-8-19-10-12/h2-10H,1H3. The molecule has 8 heteroatoms. The maximum atomic E-state index is 5.26. The molecule has 0 saturated carbocycles. The number of methoxy groups -OCH3 is 1. The molecule has 0 saturated heterocycles. The number of fused-ring (bicyclic) bond motifs is 2. The summed E-state index contributed by atoms with van der Waals surface area (Å²) in [7, 11) is 1.65. The molecule has 0 unspecified atom stereocenters. The molecule has 0 fully saturated rings. The van der Waals surface area contributed by atoms with E-state index in [4.69, 9.17) is 9.72 Å². The fourth-order valence-corrected chi connectivity index (χ4v) is 3.55. The monoisotopic (exact) mass is 360 g/mol. The zero-order chi connectivity index (χ0) is 17.5. The minimum atomic E-state index is 0.668. The van der Waals surface area contributed by atoms with Crippen LogP contribution in [0.25, 0.3) is 38.0 Å². The van der Waals surface area contributed by atoms with Gasteiger partial charge in [-0.2, -0.15) is 9.61 Å². The fourth-order valence-electron chi connectivity index (χ4n) is 2.75. The van der Waals surface area contributed by atoms with Gasteiger partial charge in [0.15, 0.2) is 10.8 Å². The Hall–Kier alpha value is -3.39. The molecule has 4 heterocycles. The highest BCUT2D eigenvalue weighted by Crippen LogP contribution is 2.28. The SMILES string of the molecule is COc1ccc2nc(-c3nn4c(-c5cccnc5)nnc4s3)ccc2c1. The van der Waals surface area contributed by atoms with Gasteiger partial charge < -0.3 is 4.74 Å². The van der Waals surface area contributed by atoms with E-state index in [2.05, 4.69) is 20.3 Å². The van der Waals surface area contributed by atoms with Crippen molar-refractivity contribution < 1.29 is 4.74 Å². The van der Waals surface area contributed by atoms with Crippen LogP contribution in [0.4, 0.5) is 0 Å². The summed E-state index contributed by atoms with van der Waals surface area (Å²) in [6.45, 7) is 0. The van der Waals surface area contributed by atoms with Gasteiger partial charge in [0.2, 0.25) is 4.96 Å². The Kier molecular flexibility index (Phi) is 3.36. The van der Waals surface area contributed by atoms with Crippen molar-refractivity contribution in [2.24, 2.45) is 0 Å². The molecule has 0 amide bonds. The average molecular weight is 360 g/mol. The van der Waals surface area contributed by atoms with E-state index >= 15 is 0 Å². The summed E-state index contributed by atoms with van der Waals surface area (Å²) >= 11 is 1.45. The van der Waals surface area contributed by atoms with Crippen LogP contribution in [-0.4, -0.2) is 36.9 Å². The van der Waals surface area contributed by atoms with E-state index < -0.39 is 0 Å². The Morgan fingerprint density at radius 3 is 2.88 bits per heavy atom. The van der Waals surface area contributed by atoms with Crippen molar-refractivity contribution in [3.8, 4) is 27.8 Å². The van der Waals surface area contributed by atoms with E-state index in [0.29, 0.717) is 5.82 Å². The van der Waals surface area contributed by atoms with Gasteiger partial charge in [0, 0.05) is 23.3 Å². The minimum absolute atomic E-state index is 0.668. The number of benzene rings is 1. The summed E-state index contributed by atoms with van der Waals surface area (Å²) < 4.78 is 6.99. The highest BCUT2D eigenvalue weighted by atomic mass is 32.1. The molecule has 5 rings (SSSR count). The molecule has 0 spiro atoms. The van der Waals surface area contributed by atoms with Crippen molar-refractivity contribution in [1.29, 1.82) is 0 Å². The van der Waals surface area contributed by atoms with E-state index in [9.17, 15) is 0 Å². The molecule has 0 radical (unpaired) electrons. The fraction of sp³-hybridized carbons (Fsp3) is 0.0556. The molecular formula is C18H12N6OS. The van der Waals surface area contributed by atoms with Crippen LogP contribution in [0.1, 0.15) is 0 Å². The Morgan fingerprint density at radius 1 is 1.08 bits per heavy atom. The topological polar surface area (TPSA) is 78.1 Å². The van der Waals surface area contributed by atoms with Crippen LogP contribution in [0.3, 0.4) is 0 Å². The lowest BCUT2D eigenvalue weighted by Crippen LogP contribution is -1.92. The first-order valence-electron chi connectivity index (χ1n) is 7.90. The molecule has 126 valence electrons. The molecule has 0 atom stereocenters. The number of ether oxygens (including phenoxy) is 1. The number of hydrogen-bond acceptors (Lipinski definition) is 7. The van der Waals surface area contributed by atoms with Gasteiger partial charge in [-0.25, -0.2) is 4.98 Å². The van der Waals surface area contributed by atoms with Gasteiger partial charge >= 0.3 is 0 Å². The Balaban J connectivity index is 1.61. The van der Waals surface area contributed by atoms with E-state index in [1.54, 1.807) is 24.0 Å².